The van der Waals surface area contributed by atoms with Gasteiger partial charge in [-0.15, -0.1) is 0 Å². The van der Waals surface area contributed by atoms with Gasteiger partial charge in [0, 0.05) is 12.2 Å². The monoisotopic (exact) mass is 261 g/mol. The SMILES string of the molecule is COC(=O)C1CC(CNc2ccccc2C(C)C)C1. The molecule has 1 N–H and O–H groups in total. The second kappa shape index (κ2) is 6.09. The highest BCUT2D eigenvalue weighted by Crippen LogP contribution is 2.35. The maximum absolute atomic E-state index is 11.3. The number of methoxy groups -OCH3 is 1. The minimum atomic E-state index is -0.0566. The minimum absolute atomic E-state index is 0.0566. The van der Waals surface area contributed by atoms with Crippen LogP contribution in [0.4, 0.5) is 5.69 Å². The summed E-state index contributed by atoms with van der Waals surface area (Å²) in [5, 5.41) is 3.52. The molecule has 0 aliphatic heterocycles. The van der Waals surface area contributed by atoms with Gasteiger partial charge < -0.3 is 10.1 Å². The number of rotatable bonds is 5. The average Bonchev–Trinajstić information content (AvgIpc) is 2.36. The minimum Gasteiger partial charge on any atom is -0.469 e. The van der Waals surface area contributed by atoms with E-state index in [4.69, 9.17) is 4.74 Å². The zero-order valence-electron chi connectivity index (χ0n) is 12.0. The lowest BCUT2D eigenvalue weighted by Gasteiger charge is -2.33. The molecule has 3 nitrogen and oxygen atoms in total. The number of hydrogen-bond donors (Lipinski definition) is 1. The summed E-state index contributed by atoms with van der Waals surface area (Å²) in [6.45, 7) is 5.35. The standard InChI is InChI=1S/C16H23NO2/c1-11(2)14-6-4-5-7-15(14)17-10-12-8-13(9-12)16(18)19-3/h4-7,11-13,17H,8-10H2,1-3H3. The third kappa shape index (κ3) is 3.28. The van der Waals surface area contributed by atoms with Crippen molar-refractivity contribution in [2.75, 3.05) is 19.0 Å². The van der Waals surface area contributed by atoms with Crippen LogP contribution in [0, 0.1) is 11.8 Å². The Balaban J connectivity index is 1.83. The Bertz CT molecular complexity index is 436. The molecule has 2 rings (SSSR count). The Kier molecular flexibility index (Phi) is 4.46. The normalized spacial score (nSPS) is 21.9. The first kappa shape index (κ1) is 13.9. The van der Waals surface area contributed by atoms with Gasteiger partial charge in [0.15, 0.2) is 0 Å². The van der Waals surface area contributed by atoms with Crippen molar-refractivity contribution in [3.63, 3.8) is 0 Å². The van der Waals surface area contributed by atoms with Crippen LogP contribution in [0.25, 0.3) is 0 Å². The third-order valence-electron chi connectivity index (χ3n) is 3.93. The second-order valence-corrected chi connectivity index (χ2v) is 5.68. The zero-order valence-corrected chi connectivity index (χ0v) is 12.0. The van der Waals surface area contributed by atoms with E-state index in [1.807, 2.05) is 0 Å². The van der Waals surface area contributed by atoms with Crippen molar-refractivity contribution in [2.45, 2.75) is 32.6 Å². The van der Waals surface area contributed by atoms with Crippen LogP contribution in [-0.2, 0) is 9.53 Å². The number of benzene rings is 1. The Labute approximate surface area is 115 Å². The molecule has 1 aliphatic rings. The Morgan fingerprint density at radius 3 is 2.68 bits per heavy atom. The van der Waals surface area contributed by atoms with E-state index < -0.39 is 0 Å². The fourth-order valence-corrected chi connectivity index (χ4v) is 2.68. The summed E-state index contributed by atoms with van der Waals surface area (Å²) >= 11 is 0. The summed E-state index contributed by atoms with van der Waals surface area (Å²) < 4.78 is 4.76. The van der Waals surface area contributed by atoms with Gasteiger partial charge in [0.05, 0.1) is 13.0 Å². The number of carbonyl (C=O) groups is 1. The maximum atomic E-state index is 11.3. The molecule has 0 heterocycles. The molecule has 104 valence electrons. The molecule has 0 bridgehead atoms. The van der Waals surface area contributed by atoms with Gasteiger partial charge in [0.1, 0.15) is 0 Å². The van der Waals surface area contributed by atoms with E-state index in [2.05, 4.69) is 43.4 Å². The van der Waals surface area contributed by atoms with Crippen LogP contribution in [-0.4, -0.2) is 19.6 Å². The summed E-state index contributed by atoms with van der Waals surface area (Å²) in [6.07, 6.45) is 1.90. The molecule has 3 heteroatoms. The number of esters is 1. The average molecular weight is 261 g/mol. The summed E-state index contributed by atoms with van der Waals surface area (Å²) in [6, 6.07) is 8.44. The number of ether oxygens (including phenoxy) is 1. The van der Waals surface area contributed by atoms with Crippen LogP contribution in [0.15, 0.2) is 24.3 Å². The first-order valence-corrected chi connectivity index (χ1v) is 7.02. The number of nitrogens with one attached hydrogen (secondary N) is 1. The molecular weight excluding hydrogens is 238 g/mol. The van der Waals surface area contributed by atoms with Crippen LogP contribution >= 0.6 is 0 Å². The molecule has 0 aromatic heterocycles. The lowest BCUT2D eigenvalue weighted by atomic mass is 9.75. The van der Waals surface area contributed by atoms with Gasteiger partial charge in [-0.1, -0.05) is 32.0 Å². The molecule has 0 radical (unpaired) electrons. The van der Waals surface area contributed by atoms with Crippen molar-refractivity contribution in [2.24, 2.45) is 11.8 Å². The van der Waals surface area contributed by atoms with Crippen LogP contribution in [0.2, 0.25) is 0 Å². The summed E-state index contributed by atoms with van der Waals surface area (Å²) in [4.78, 5) is 11.3. The van der Waals surface area contributed by atoms with Gasteiger partial charge in [0.2, 0.25) is 0 Å². The quantitative estimate of drug-likeness (QED) is 0.825. The van der Waals surface area contributed by atoms with Crippen LogP contribution in [0.5, 0.6) is 0 Å². The van der Waals surface area contributed by atoms with Crippen molar-refractivity contribution in [1.82, 2.24) is 0 Å². The molecule has 19 heavy (non-hydrogen) atoms. The van der Waals surface area contributed by atoms with E-state index in [0.717, 1.165) is 19.4 Å². The maximum Gasteiger partial charge on any atom is 0.308 e. The lowest BCUT2D eigenvalue weighted by Crippen LogP contribution is -2.35. The topological polar surface area (TPSA) is 38.3 Å². The fourth-order valence-electron chi connectivity index (χ4n) is 2.68. The zero-order chi connectivity index (χ0) is 13.8. The van der Waals surface area contributed by atoms with E-state index in [1.54, 1.807) is 0 Å². The van der Waals surface area contributed by atoms with E-state index in [-0.39, 0.29) is 11.9 Å². The van der Waals surface area contributed by atoms with Crippen LogP contribution in [0.3, 0.4) is 0 Å². The highest BCUT2D eigenvalue weighted by Gasteiger charge is 2.34. The molecule has 0 unspecified atom stereocenters. The lowest BCUT2D eigenvalue weighted by molar-refractivity contribution is -0.149. The number of anilines is 1. The smallest absolute Gasteiger partial charge is 0.308 e. The van der Waals surface area contributed by atoms with E-state index in [0.29, 0.717) is 11.8 Å². The summed E-state index contributed by atoms with van der Waals surface area (Å²) in [5.41, 5.74) is 2.57. The van der Waals surface area contributed by atoms with Crippen molar-refractivity contribution in [3.05, 3.63) is 29.8 Å². The van der Waals surface area contributed by atoms with Crippen molar-refractivity contribution in [3.8, 4) is 0 Å². The van der Waals surface area contributed by atoms with Crippen molar-refractivity contribution >= 4 is 11.7 Å². The van der Waals surface area contributed by atoms with Crippen LogP contribution < -0.4 is 5.32 Å². The number of hydrogen-bond acceptors (Lipinski definition) is 3. The molecule has 0 spiro atoms. The highest BCUT2D eigenvalue weighted by molar-refractivity contribution is 5.73. The number of carbonyl (C=O) groups excluding carboxylic acids is 1. The van der Waals surface area contributed by atoms with Crippen molar-refractivity contribution < 1.29 is 9.53 Å². The molecule has 1 saturated carbocycles. The molecule has 1 aromatic carbocycles. The van der Waals surface area contributed by atoms with E-state index >= 15 is 0 Å². The molecule has 1 fully saturated rings. The van der Waals surface area contributed by atoms with Gasteiger partial charge in [-0.25, -0.2) is 0 Å². The largest absolute Gasteiger partial charge is 0.469 e. The predicted octanol–water partition coefficient (Wildman–Crippen LogP) is 3.42. The van der Waals surface area contributed by atoms with E-state index in [1.165, 1.54) is 18.4 Å². The summed E-state index contributed by atoms with van der Waals surface area (Å²) in [5.74, 6) is 1.17. The van der Waals surface area contributed by atoms with Gasteiger partial charge >= 0.3 is 5.97 Å². The van der Waals surface area contributed by atoms with Crippen LogP contribution in [0.1, 0.15) is 38.2 Å². The first-order valence-electron chi connectivity index (χ1n) is 7.02. The first-order chi connectivity index (χ1) is 9.11. The Hall–Kier alpha value is -1.51. The Morgan fingerprint density at radius 2 is 2.05 bits per heavy atom. The molecule has 0 atom stereocenters. The third-order valence-corrected chi connectivity index (χ3v) is 3.93. The van der Waals surface area contributed by atoms with Crippen molar-refractivity contribution in [1.29, 1.82) is 0 Å². The van der Waals surface area contributed by atoms with E-state index in [9.17, 15) is 4.79 Å². The van der Waals surface area contributed by atoms with Gasteiger partial charge in [0.25, 0.3) is 0 Å². The molecule has 0 amide bonds. The second-order valence-electron chi connectivity index (χ2n) is 5.68. The molecule has 1 aromatic rings. The van der Waals surface area contributed by atoms with Gasteiger partial charge in [-0.2, -0.15) is 0 Å². The highest BCUT2D eigenvalue weighted by atomic mass is 16.5. The van der Waals surface area contributed by atoms with Gasteiger partial charge in [-0.3, -0.25) is 4.79 Å². The molecular formula is C16H23NO2. The fraction of sp³-hybridized carbons (Fsp3) is 0.562. The predicted molar refractivity (Wildman–Crippen MR) is 77.3 cm³/mol. The molecule has 1 aliphatic carbocycles. The van der Waals surface area contributed by atoms with Gasteiger partial charge in [-0.05, 0) is 36.3 Å². The Morgan fingerprint density at radius 1 is 1.37 bits per heavy atom. The summed E-state index contributed by atoms with van der Waals surface area (Å²) in [7, 11) is 1.47. The molecule has 0 saturated heterocycles. The number of para-hydroxylation sites is 1.